The van der Waals surface area contributed by atoms with Gasteiger partial charge in [-0.15, -0.1) is 11.3 Å². The summed E-state index contributed by atoms with van der Waals surface area (Å²) in [7, 11) is 0. The van der Waals surface area contributed by atoms with Gasteiger partial charge in [0, 0.05) is 28.9 Å². The first-order valence-electron chi connectivity index (χ1n) is 7.92. The summed E-state index contributed by atoms with van der Waals surface area (Å²) in [6.07, 6.45) is 4.37. The number of aromatic nitrogens is 1. The van der Waals surface area contributed by atoms with Crippen LogP contribution in [0.15, 0.2) is 35.8 Å². The number of rotatable bonds is 4. The van der Waals surface area contributed by atoms with E-state index in [1.165, 1.54) is 0 Å². The molecule has 1 aromatic heterocycles. The monoisotopic (exact) mass is 345 g/mol. The number of nitrogens with one attached hydrogen (secondary N) is 2. The van der Waals surface area contributed by atoms with E-state index in [1.54, 1.807) is 17.5 Å². The maximum absolute atomic E-state index is 12.1. The van der Waals surface area contributed by atoms with Gasteiger partial charge in [0.15, 0.2) is 0 Å². The number of urea groups is 1. The van der Waals surface area contributed by atoms with Gasteiger partial charge >= 0.3 is 12.0 Å². The molecule has 1 aliphatic carbocycles. The zero-order chi connectivity index (χ0) is 16.9. The van der Waals surface area contributed by atoms with E-state index in [4.69, 9.17) is 5.11 Å². The van der Waals surface area contributed by atoms with E-state index in [9.17, 15) is 9.59 Å². The van der Waals surface area contributed by atoms with Crippen LogP contribution in [0.2, 0.25) is 0 Å². The number of anilines is 1. The van der Waals surface area contributed by atoms with Crippen LogP contribution in [0.5, 0.6) is 0 Å². The van der Waals surface area contributed by atoms with Crippen LogP contribution < -0.4 is 10.6 Å². The van der Waals surface area contributed by atoms with E-state index in [0.717, 1.165) is 10.6 Å². The number of amides is 2. The molecule has 1 aliphatic rings. The van der Waals surface area contributed by atoms with Crippen LogP contribution >= 0.6 is 11.3 Å². The first kappa shape index (κ1) is 16.4. The standard InChI is InChI=1S/C17H19N3O3S/c21-16(22)11-4-6-13(7-5-11)19-17(23)20-14-3-1-2-12(10-14)15-18-8-9-24-15/h1-3,8-11,13H,4-7H2,(H,21,22)(H2,19,20,23). The third-order valence-electron chi connectivity index (χ3n) is 4.21. The van der Waals surface area contributed by atoms with Crippen LogP contribution in [0, 0.1) is 5.92 Å². The molecule has 126 valence electrons. The van der Waals surface area contributed by atoms with Crippen LogP contribution in [-0.2, 0) is 4.79 Å². The Morgan fingerprint density at radius 2 is 2.00 bits per heavy atom. The van der Waals surface area contributed by atoms with Crippen molar-refractivity contribution < 1.29 is 14.7 Å². The number of thiazole rings is 1. The van der Waals surface area contributed by atoms with Crippen LogP contribution in [-0.4, -0.2) is 28.1 Å². The van der Waals surface area contributed by atoms with Crippen molar-refractivity contribution in [2.24, 2.45) is 5.92 Å². The quantitative estimate of drug-likeness (QED) is 0.790. The minimum absolute atomic E-state index is 0.0303. The summed E-state index contributed by atoms with van der Waals surface area (Å²) >= 11 is 1.55. The van der Waals surface area contributed by atoms with E-state index >= 15 is 0 Å². The van der Waals surface area contributed by atoms with Gasteiger partial charge in [-0.2, -0.15) is 0 Å². The fourth-order valence-corrected chi connectivity index (χ4v) is 3.57. The zero-order valence-corrected chi connectivity index (χ0v) is 13.9. The van der Waals surface area contributed by atoms with Crippen molar-refractivity contribution in [2.45, 2.75) is 31.7 Å². The smallest absolute Gasteiger partial charge is 0.319 e. The van der Waals surface area contributed by atoms with Gasteiger partial charge in [0.2, 0.25) is 0 Å². The number of carboxylic acid groups (broad SMARTS) is 1. The molecule has 1 fully saturated rings. The van der Waals surface area contributed by atoms with Gasteiger partial charge in [0.25, 0.3) is 0 Å². The minimum Gasteiger partial charge on any atom is -0.481 e. The third-order valence-corrected chi connectivity index (χ3v) is 5.03. The Bertz CT molecular complexity index is 710. The van der Waals surface area contributed by atoms with E-state index < -0.39 is 5.97 Å². The summed E-state index contributed by atoms with van der Waals surface area (Å²) < 4.78 is 0. The fraction of sp³-hybridized carbons (Fsp3) is 0.353. The number of carboxylic acids is 1. The lowest BCUT2D eigenvalue weighted by atomic mass is 9.86. The van der Waals surface area contributed by atoms with Crippen molar-refractivity contribution in [3.05, 3.63) is 35.8 Å². The number of nitrogens with zero attached hydrogens (tertiary/aromatic N) is 1. The fourth-order valence-electron chi connectivity index (χ4n) is 2.93. The number of hydrogen-bond donors (Lipinski definition) is 3. The van der Waals surface area contributed by atoms with Crippen molar-refractivity contribution in [3.63, 3.8) is 0 Å². The van der Waals surface area contributed by atoms with Crippen molar-refractivity contribution >= 4 is 29.0 Å². The number of carbonyl (C=O) groups excluding carboxylic acids is 1. The van der Waals surface area contributed by atoms with Crippen molar-refractivity contribution in [3.8, 4) is 10.6 Å². The highest BCUT2D eigenvalue weighted by molar-refractivity contribution is 7.13. The largest absolute Gasteiger partial charge is 0.481 e. The first-order valence-corrected chi connectivity index (χ1v) is 8.80. The summed E-state index contributed by atoms with van der Waals surface area (Å²) in [5.74, 6) is -1.02. The number of hydrogen-bond acceptors (Lipinski definition) is 4. The zero-order valence-electron chi connectivity index (χ0n) is 13.1. The molecule has 24 heavy (non-hydrogen) atoms. The van der Waals surface area contributed by atoms with Crippen LogP contribution in [0.25, 0.3) is 10.6 Å². The molecule has 0 bridgehead atoms. The molecule has 0 unspecified atom stereocenters. The third kappa shape index (κ3) is 4.11. The molecule has 1 aromatic carbocycles. The summed E-state index contributed by atoms with van der Waals surface area (Å²) in [5, 5.41) is 17.6. The van der Waals surface area contributed by atoms with E-state index in [2.05, 4.69) is 15.6 Å². The van der Waals surface area contributed by atoms with Gasteiger partial charge in [-0.05, 0) is 37.8 Å². The molecule has 2 amide bonds. The molecule has 6 nitrogen and oxygen atoms in total. The second kappa shape index (κ2) is 7.44. The molecular weight excluding hydrogens is 326 g/mol. The Hall–Kier alpha value is -2.41. The average molecular weight is 345 g/mol. The predicted molar refractivity (Wildman–Crippen MR) is 93.1 cm³/mol. The Morgan fingerprint density at radius 3 is 2.67 bits per heavy atom. The van der Waals surface area contributed by atoms with E-state index in [-0.39, 0.29) is 18.0 Å². The molecule has 0 aliphatic heterocycles. The molecule has 0 spiro atoms. The lowest BCUT2D eigenvalue weighted by Gasteiger charge is -2.26. The van der Waals surface area contributed by atoms with Gasteiger partial charge in [-0.1, -0.05) is 12.1 Å². The highest BCUT2D eigenvalue weighted by Crippen LogP contribution is 2.26. The first-order chi connectivity index (χ1) is 11.6. The molecule has 0 atom stereocenters. The van der Waals surface area contributed by atoms with Crippen molar-refractivity contribution in [1.29, 1.82) is 0 Å². The van der Waals surface area contributed by atoms with Crippen molar-refractivity contribution in [2.75, 3.05) is 5.32 Å². The average Bonchev–Trinajstić information content (AvgIpc) is 3.10. The molecule has 0 saturated heterocycles. The molecule has 7 heteroatoms. The Labute approximate surface area is 143 Å². The molecule has 1 heterocycles. The van der Waals surface area contributed by atoms with E-state index in [1.807, 2.05) is 29.6 Å². The lowest BCUT2D eigenvalue weighted by molar-refractivity contribution is -0.142. The van der Waals surface area contributed by atoms with Gasteiger partial charge in [-0.3, -0.25) is 4.79 Å². The maximum Gasteiger partial charge on any atom is 0.319 e. The molecular formula is C17H19N3O3S. The highest BCUT2D eigenvalue weighted by atomic mass is 32.1. The van der Waals surface area contributed by atoms with Crippen LogP contribution in [0.1, 0.15) is 25.7 Å². The molecule has 1 saturated carbocycles. The molecule has 3 N–H and O–H groups in total. The van der Waals surface area contributed by atoms with Gasteiger partial charge in [-0.25, -0.2) is 9.78 Å². The topological polar surface area (TPSA) is 91.3 Å². The lowest BCUT2D eigenvalue weighted by Crippen LogP contribution is -2.40. The second-order valence-corrected chi connectivity index (χ2v) is 6.80. The summed E-state index contributed by atoms with van der Waals surface area (Å²) in [4.78, 5) is 27.4. The maximum atomic E-state index is 12.1. The van der Waals surface area contributed by atoms with Gasteiger partial charge in [0.05, 0.1) is 5.92 Å². The summed E-state index contributed by atoms with van der Waals surface area (Å²) in [6, 6.07) is 7.32. The van der Waals surface area contributed by atoms with Crippen molar-refractivity contribution in [1.82, 2.24) is 10.3 Å². The Kier molecular flexibility index (Phi) is 5.10. The summed E-state index contributed by atoms with van der Waals surface area (Å²) in [6.45, 7) is 0. The predicted octanol–water partition coefficient (Wildman–Crippen LogP) is 3.58. The second-order valence-electron chi connectivity index (χ2n) is 5.90. The number of aliphatic carboxylic acids is 1. The molecule has 3 rings (SSSR count). The highest BCUT2D eigenvalue weighted by Gasteiger charge is 2.26. The minimum atomic E-state index is -0.739. The Balaban J connectivity index is 1.54. The summed E-state index contributed by atoms with van der Waals surface area (Å²) in [5.41, 5.74) is 1.67. The molecule has 0 radical (unpaired) electrons. The SMILES string of the molecule is O=C(Nc1cccc(-c2nccs2)c1)NC1CCC(C(=O)O)CC1. The van der Waals surface area contributed by atoms with Gasteiger partial charge < -0.3 is 15.7 Å². The number of carbonyl (C=O) groups is 2. The van der Waals surface area contributed by atoms with Crippen LogP contribution in [0.3, 0.4) is 0 Å². The number of benzene rings is 1. The Morgan fingerprint density at radius 1 is 1.21 bits per heavy atom. The van der Waals surface area contributed by atoms with E-state index in [0.29, 0.717) is 31.4 Å². The molecule has 2 aromatic rings. The van der Waals surface area contributed by atoms with Crippen LogP contribution in [0.4, 0.5) is 10.5 Å². The van der Waals surface area contributed by atoms with Gasteiger partial charge in [0.1, 0.15) is 5.01 Å². The normalized spacial score (nSPS) is 20.3.